The van der Waals surface area contributed by atoms with Gasteiger partial charge in [-0.1, -0.05) is 25.1 Å². The highest BCUT2D eigenvalue weighted by Gasteiger charge is 2.18. The molecule has 0 amide bonds. The van der Waals surface area contributed by atoms with Crippen molar-refractivity contribution in [3.8, 4) is 11.5 Å². The molecule has 2 aromatic carbocycles. The molecule has 1 unspecified atom stereocenters. The van der Waals surface area contributed by atoms with Crippen LogP contribution in [0.3, 0.4) is 0 Å². The van der Waals surface area contributed by atoms with Gasteiger partial charge in [0.1, 0.15) is 11.5 Å². The fraction of sp³-hybridized carbons (Fsp3) is 0.400. The maximum Gasteiger partial charge on any atom is 0.119 e. The Bertz CT molecular complexity index is 633. The third kappa shape index (κ3) is 3.62. The molecule has 3 rings (SSSR count). The Morgan fingerprint density at radius 2 is 1.77 bits per heavy atom. The second-order valence-electron chi connectivity index (χ2n) is 6.17. The molecule has 0 radical (unpaired) electrons. The van der Waals surface area contributed by atoms with Crippen molar-refractivity contribution in [1.29, 1.82) is 0 Å². The molecular formula is C20H24O2. The highest BCUT2D eigenvalue weighted by atomic mass is 16.5. The predicted octanol–water partition coefficient (Wildman–Crippen LogP) is 4.89. The number of hydrogen-bond donors (Lipinski definition) is 0. The second-order valence-corrected chi connectivity index (χ2v) is 6.17. The largest absolute Gasteiger partial charge is 0.493 e. The molecule has 2 heteroatoms. The van der Waals surface area contributed by atoms with Crippen LogP contribution in [-0.4, -0.2) is 13.2 Å². The summed E-state index contributed by atoms with van der Waals surface area (Å²) in [7, 11) is 0. The molecule has 0 saturated heterocycles. The Hall–Kier alpha value is -1.96. The van der Waals surface area contributed by atoms with Crippen LogP contribution in [0.25, 0.3) is 0 Å². The summed E-state index contributed by atoms with van der Waals surface area (Å²) in [6.45, 7) is 5.76. The van der Waals surface area contributed by atoms with Crippen LogP contribution in [0.2, 0.25) is 0 Å². The van der Waals surface area contributed by atoms with Gasteiger partial charge in [0.15, 0.2) is 0 Å². The summed E-state index contributed by atoms with van der Waals surface area (Å²) in [6, 6.07) is 14.7. The summed E-state index contributed by atoms with van der Waals surface area (Å²) in [5.41, 5.74) is 4.18. The van der Waals surface area contributed by atoms with Crippen molar-refractivity contribution < 1.29 is 9.47 Å². The number of benzene rings is 2. The van der Waals surface area contributed by atoms with E-state index in [1.165, 1.54) is 29.5 Å². The van der Waals surface area contributed by atoms with E-state index in [0.717, 1.165) is 17.9 Å². The summed E-state index contributed by atoms with van der Waals surface area (Å²) < 4.78 is 11.6. The van der Waals surface area contributed by atoms with Crippen molar-refractivity contribution >= 4 is 0 Å². The van der Waals surface area contributed by atoms with E-state index in [-0.39, 0.29) is 0 Å². The molecular weight excluding hydrogens is 272 g/mol. The molecule has 22 heavy (non-hydrogen) atoms. The summed E-state index contributed by atoms with van der Waals surface area (Å²) in [5.74, 6) is 2.63. The molecule has 2 nitrogen and oxygen atoms in total. The lowest BCUT2D eigenvalue weighted by atomic mass is 10.0. The lowest BCUT2D eigenvalue weighted by Crippen LogP contribution is -2.05. The summed E-state index contributed by atoms with van der Waals surface area (Å²) in [4.78, 5) is 0. The lowest BCUT2D eigenvalue weighted by Gasteiger charge is -2.10. The summed E-state index contributed by atoms with van der Waals surface area (Å²) in [5, 5.41) is 0. The number of fused-ring (bicyclic) bond motifs is 1. The van der Waals surface area contributed by atoms with Gasteiger partial charge >= 0.3 is 0 Å². The van der Waals surface area contributed by atoms with Gasteiger partial charge in [0.25, 0.3) is 0 Å². The molecule has 0 aromatic heterocycles. The van der Waals surface area contributed by atoms with Crippen LogP contribution in [0, 0.1) is 6.92 Å². The van der Waals surface area contributed by atoms with Crippen molar-refractivity contribution in [2.24, 2.45) is 0 Å². The van der Waals surface area contributed by atoms with E-state index in [1.54, 1.807) is 0 Å². The minimum absolute atomic E-state index is 0.686. The topological polar surface area (TPSA) is 18.5 Å². The van der Waals surface area contributed by atoms with Gasteiger partial charge in [0.05, 0.1) is 13.2 Å². The predicted molar refractivity (Wildman–Crippen MR) is 90.0 cm³/mol. The van der Waals surface area contributed by atoms with E-state index in [2.05, 4.69) is 44.2 Å². The van der Waals surface area contributed by atoms with E-state index >= 15 is 0 Å². The Labute approximate surface area is 133 Å². The molecule has 0 bridgehead atoms. The molecule has 1 atom stereocenters. The molecule has 0 aliphatic heterocycles. The first kappa shape index (κ1) is 15.0. The second kappa shape index (κ2) is 6.87. The van der Waals surface area contributed by atoms with E-state index in [1.807, 2.05) is 12.1 Å². The fourth-order valence-electron chi connectivity index (χ4n) is 3.04. The molecule has 2 aromatic rings. The van der Waals surface area contributed by atoms with Crippen LogP contribution in [0.1, 0.15) is 42.4 Å². The van der Waals surface area contributed by atoms with E-state index in [9.17, 15) is 0 Å². The van der Waals surface area contributed by atoms with Gasteiger partial charge in [-0.15, -0.1) is 0 Å². The Morgan fingerprint density at radius 3 is 2.55 bits per heavy atom. The van der Waals surface area contributed by atoms with E-state index < -0.39 is 0 Å². The minimum Gasteiger partial charge on any atom is -0.493 e. The van der Waals surface area contributed by atoms with Crippen molar-refractivity contribution in [3.63, 3.8) is 0 Å². The van der Waals surface area contributed by atoms with Crippen molar-refractivity contribution in [2.75, 3.05) is 13.2 Å². The highest BCUT2D eigenvalue weighted by Crippen LogP contribution is 2.34. The zero-order chi connectivity index (χ0) is 15.4. The monoisotopic (exact) mass is 296 g/mol. The SMILES string of the molecule is Cc1cccc(OCCCOc2ccc3c(c2)CCC3C)c1. The van der Waals surface area contributed by atoms with Gasteiger partial charge in [-0.2, -0.15) is 0 Å². The molecule has 0 saturated carbocycles. The van der Waals surface area contributed by atoms with Gasteiger partial charge < -0.3 is 9.47 Å². The van der Waals surface area contributed by atoms with E-state index in [0.29, 0.717) is 19.1 Å². The highest BCUT2D eigenvalue weighted by molar-refractivity contribution is 5.40. The van der Waals surface area contributed by atoms with Crippen LogP contribution >= 0.6 is 0 Å². The average Bonchev–Trinajstić information content (AvgIpc) is 2.88. The zero-order valence-corrected chi connectivity index (χ0v) is 13.5. The fourth-order valence-corrected chi connectivity index (χ4v) is 3.04. The maximum atomic E-state index is 5.85. The van der Waals surface area contributed by atoms with Gasteiger partial charge in [-0.3, -0.25) is 0 Å². The van der Waals surface area contributed by atoms with Crippen molar-refractivity contribution in [2.45, 2.75) is 39.0 Å². The van der Waals surface area contributed by atoms with Gasteiger partial charge in [0.2, 0.25) is 0 Å². The molecule has 0 fully saturated rings. The van der Waals surface area contributed by atoms with Crippen LogP contribution in [0.5, 0.6) is 11.5 Å². The first-order valence-corrected chi connectivity index (χ1v) is 8.17. The summed E-state index contributed by atoms with van der Waals surface area (Å²) in [6.07, 6.45) is 3.34. The first-order valence-electron chi connectivity index (χ1n) is 8.17. The molecule has 0 heterocycles. The maximum absolute atomic E-state index is 5.85. The number of ether oxygens (including phenoxy) is 2. The normalized spacial score (nSPS) is 16.4. The Balaban J connectivity index is 1.42. The average molecular weight is 296 g/mol. The van der Waals surface area contributed by atoms with Gasteiger partial charge in [-0.25, -0.2) is 0 Å². The quantitative estimate of drug-likeness (QED) is 0.706. The molecule has 1 aliphatic carbocycles. The van der Waals surface area contributed by atoms with Crippen LogP contribution < -0.4 is 9.47 Å². The van der Waals surface area contributed by atoms with Crippen molar-refractivity contribution in [1.82, 2.24) is 0 Å². The van der Waals surface area contributed by atoms with Crippen LogP contribution in [-0.2, 0) is 6.42 Å². The number of rotatable bonds is 6. The third-order valence-electron chi connectivity index (χ3n) is 4.31. The number of hydrogen-bond acceptors (Lipinski definition) is 2. The Morgan fingerprint density at radius 1 is 1.00 bits per heavy atom. The lowest BCUT2D eigenvalue weighted by molar-refractivity contribution is 0.247. The van der Waals surface area contributed by atoms with Crippen molar-refractivity contribution in [3.05, 3.63) is 59.2 Å². The molecule has 1 aliphatic rings. The van der Waals surface area contributed by atoms with Gasteiger partial charge in [0, 0.05) is 6.42 Å². The summed E-state index contributed by atoms with van der Waals surface area (Å²) >= 11 is 0. The van der Waals surface area contributed by atoms with Gasteiger partial charge in [-0.05, 0) is 66.6 Å². The Kier molecular flexibility index (Phi) is 4.67. The standard InChI is InChI=1S/C20H24O2/c1-15-5-3-6-18(13-15)21-11-4-12-22-19-9-10-20-16(2)7-8-17(20)14-19/h3,5-6,9-10,13-14,16H,4,7-8,11-12H2,1-2H3. The molecule has 0 spiro atoms. The van der Waals surface area contributed by atoms with E-state index in [4.69, 9.17) is 9.47 Å². The van der Waals surface area contributed by atoms with Crippen LogP contribution in [0.4, 0.5) is 0 Å². The van der Waals surface area contributed by atoms with Crippen LogP contribution in [0.15, 0.2) is 42.5 Å². The molecule has 116 valence electrons. The smallest absolute Gasteiger partial charge is 0.119 e. The zero-order valence-electron chi connectivity index (χ0n) is 13.5. The minimum atomic E-state index is 0.686. The third-order valence-corrected chi connectivity index (χ3v) is 4.31. The first-order chi connectivity index (χ1) is 10.7. The molecule has 0 N–H and O–H groups in total. The number of aryl methyl sites for hydroxylation is 2.